The van der Waals surface area contributed by atoms with Gasteiger partial charge in [0.25, 0.3) is 0 Å². The number of nitrogens with one attached hydrogen (secondary N) is 1. The third-order valence-corrected chi connectivity index (χ3v) is 4.59. The lowest BCUT2D eigenvalue weighted by atomic mass is 10.1. The van der Waals surface area contributed by atoms with Crippen LogP contribution >= 0.6 is 15.9 Å². The molecule has 5 heteroatoms. The lowest BCUT2D eigenvalue weighted by Gasteiger charge is -2.17. The Morgan fingerprint density at radius 1 is 1.04 bits per heavy atom. The molecular formula is C21H28BrNO3. The molecule has 0 amide bonds. The Morgan fingerprint density at radius 2 is 1.81 bits per heavy atom. The van der Waals surface area contributed by atoms with Crippen LogP contribution < -0.4 is 19.5 Å². The molecule has 0 saturated carbocycles. The summed E-state index contributed by atoms with van der Waals surface area (Å²) in [5.74, 6) is 2.49. The van der Waals surface area contributed by atoms with Gasteiger partial charge in [0.15, 0.2) is 11.5 Å². The summed E-state index contributed by atoms with van der Waals surface area (Å²) in [6, 6.07) is 12.2. The van der Waals surface area contributed by atoms with E-state index in [9.17, 15) is 0 Å². The highest BCUT2D eigenvalue weighted by molar-refractivity contribution is 9.10. The predicted octanol–water partition coefficient (Wildman–Crippen LogP) is 4.98. The van der Waals surface area contributed by atoms with Crippen LogP contribution in [-0.2, 0) is 13.0 Å². The Balaban J connectivity index is 1.99. The van der Waals surface area contributed by atoms with Crippen molar-refractivity contribution in [3.05, 3.63) is 52.0 Å². The summed E-state index contributed by atoms with van der Waals surface area (Å²) in [4.78, 5) is 0. The highest BCUT2D eigenvalue weighted by Gasteiger charge is 2.12. The summed E-state index contributed by atoms with van der Waals surface area (Å²) < 4.78 is 18.0. The van der Waals surface area contributed by atoms with Gasteiger partial charge in [-0.15, -0.1) is 0 Å². The Labute approximate surface area is 165 Å². The SMILES string of the molecule is CCOc1cc(CNCCc2ccccc2OC)c(Br)cc1OC(C)C. The first-order chi connectivity index (χ1) is 12.5. The van der Waals surface area contributed by atoms with E-state index >= 15 is 0 Å². The van der Waals surface area contributed by atoms with Crippen molar-refractivity contribution in [1.29, 1.82) is 0 Å². The number of ether oxygens (including phenoxy) is 3. The van der Waals surface area contributed by atoms with E-state index in [4.69, 9.17) is 14.2 Å². The molecule has 0 heterocycles. The quantitative estimate of drug-likeness (QED) is 0.549. The fraction of sp³-hybridized carbons (Fsp3) is 0.429. The normalized spacial score (nSPS) is 10.8. The maximum Gasteiger partial charge on any atom is 0.162 e. The molecule has 0 radical (unpaired) electrons. The average molecular weight is 422 g/mol. The number of hydrogen-bond acceptors (Lipinski definition) is 4. The smallest absolute Gasteiger partial charge is 0.162 e. The molecule has 0 fully saturated rings. The van der Waals surface area contributed by atoms with E-state index in [-0.39, 0.29) is 6.10 Å². The topological polar surface area (TPSA) is 39.7 Å². The van der Waals surface area contributed by atoms with E-state index in [0.29, 0.717) is 6.61 Å². The largest absolute Gasteiger partial charge is 0.496 e. The van der Waals surface area contributed by atoms with Crippen LogP contribution in [-0.4, -0.2) is 26.4 Å². The molecule has 142 valence electrons. The van der Waals surface area contributed by atoms with Crippen LogP contribution in [0.1, 0.15) is 31.9 Å². The number of halogens is 1. The lowest BCUT2D eigenvalue weighted by Crippen LogP contribution is -2.17. The molecule has 2 rings (SSSR count). The first-order valence-corrected chi connectivity index (χ1v) is 9.79. The maximum atomic E-state index is 5.85. The van der Waals surface area contributed by atoms with Crippen LogP contribution in [0.15, 0.2) is 40.9 Å². The highest BCUT2D eigenvalue weighted by Crippen LogP contribution is 2.34. The monoisotopic (exact) mass is 421 g/mol. The fourth-order valence-electron chi connectivity index (χ4n) is 2.68. The molecule has 0 bridgehead atoms. The average Bonchev–Trinajstić information content (AvgIpc) is 2.62. The van der Waals surface area contributed by atoms with Crippen LogP contribution in [0.2, 0.25) is 0 Å². The molecule has 0 atom stereocenters. The summed E-state index contributed by atoms with van der Waals surface area (Å²) in [6.45, 7) is 8.22. The van der Waals surface area contributed by atoms with E-state index in [1.54, 1.807) is 7.11 Å². The molecule has 0 unspecified atom stereocenters. The zero-order chi connectivity index (χ0) is 18.9. The van der Waals surface area contributed by atoms with E-state index in [2.05, 4.69) is 27.3 Å². The fourth-order valence-corrected chi connectivity index (χ4v) is 3.15. The van der Waals surface area contributed by atoms with E-state index in [0.717, 1.165) is 46.8 Å². The molecular weight excluding hydrogens is 394 g/mol. The number of benzene rings is 2. The second kappa shape index (κ2) is 10.4. The predicted molar refractivity (Wildman–Crippen MR) is 109 cm³/mol. The second-order valence-electron chi connectivity index (χ2n) is 6.23. The minimum atomic E-state index is 0.103. The molecule has 26 heavy (non-hydrogen) atoms. The van der Waals surface area contributed by atoms with Crippen molar-refractivity contribution < 1.29 is 14.2 Å². The minimum Gasteiger partial charge on any atom is -0.496 e. The molecule has 2 aromatic carbocycles. The number of hydrogen-bond donors (Lipinski definition) is 1. The Hall–Kier alpha value is -1.72. The number of methoxy groups -OCH3 is 1. The maximum absolute atomic E-state index is 5.85. The molecule has 1 N–H and O–H groups in total. The van der Waals surface area contributed by atoms with Crippen LogP contribution in [0, 0.1) is 0 Å². The van der Waals surface area contributed by atoms with E-state index in [1.807, 2.05) is 51.1 Å². The highest BCUT2D eigenvalue weighted by atomic mass is 79.9. The van der Waals surface area contributed by atoms with Crippen LogP contribution in [0.4, 0.5) is 0 Å². The third kappa shape index (κ3) is 5.92. The summed E-state index contributed by atoms with van der Waals surface area (Å²) in [6.07, 6.45) is 1.01. The van der Waals surface area contributed by atoms with Gasteiger partial charge in [-0.2, -0.15) is 0 Å². The van der Waals surface area contributed by atoms with Gasteiger partial charge in [0.2, 0.25) is 0 Å². The Kier molecular flexibility index (Phi) is 8.26. The molecule has 0 aromatic heterocycles. The second-order valence-corrected chi connectivity index (χ2v) is 7.08. The summed E-state index contributed by atoms with van der Waals surface area (Å²) in [7, 11) is 1.71. The standard InChI is InChI=1S/C21H28BrNO3/c1-5-25-20-12-17(18(22)13-21(20)26-15(2)3)14-23-11-10-16-8-6-7-9-19(16)24-4/h6-9,12-13,15,23H,5,10-11,14H2,1-4H3. The van der Waals surface area contributed by atoms with Crippen molar-refractivity contribution in [2.45, 2.75) is 39.8 Å². The van der Waals surface area contributed by atoms with Crippen molar-refractivity contribution in [1.82, 2.24) is 5.32 Å². The molecule has 0 aliphatic rings. The van der Waals surface area contributed by atoms with Crippen molar-refractivity contribution in [3.63, 3.8) is 0 Å². The van der Waals surface area contributed by atoms with Crippen LogP contribution in [0.5, 0.6) is 17.2 Å². The van der Waals surface area contributed by atoms with Crippen LogP contribution in [0.3, 0.4) is 0 Å². The Morgan fingerprint density at radius 3 is 2.50 bits per heavy atom. The van der Waals surface area contributed by atoms with Gasteiger partial charge in [0, 0.05) is 11.0 Å². The van der Waals surface area contributed by atoms with Crippen LogP contribution in [0.25, 0.3) is 0 Å². The van der Waals surface area contributed by atoms with Gasteiger partial charge in [-0.25, -0.2) is 0 Å². The van der Waals surface area contributed by atoms with Gasteiger partial charge in [0.05, 0.1) is 19.8 Å². The molecule has 0 aliphatic heterocycles. The lowest BCUT2D eigenvalue weighted by molar-refractivity contribution is 0.223. The summed E-state index contributed by atoms with van der Waals surface area (Å²) >= 11 is 3.65. The van der Waals surface area contributed by atoms with Crippen molar-refractivity contribution in [2.24, 2.45) is 0 Å². The zero-order valence-electron chi connectivity index (χ0n) is 16.0. The van der Waals surface area contributed by atoms with Gasteiger partial charge < -0.3 is 19.5 Å². The van der Waals surface area contributed by atoms with Gasteiger partial charge in [-0.3, -0.25) is 0 Å². The molecule has 0 spiro atoms. The first kappa shape index (κ1) is 20.6. The third-order valence-electron chi connectivity index (χ3n) is 3.85. The number of para-hydroxylation sites is 1. The van der Waals surface area contributed by atoms with Gasteiger partial charge in [-0.1, -0.05) is 34.1 Å². The summed E-state index contributed by atoms with van der Waals surface area (Å²) in [5, 5.41) is 3.49. The zero-order valence-corrected chi connectivity index (χ0v) is 17.6. The van der Waals surface area contributed by atoms with Crippen molar-refractivity contribution >= 4 is 15.9 Å². The Bertz CT molecular complexity index is 704. The van der Waals surface area contributed by atoms with E-state index in [1.165, 1.54) is 5.56 Å². The first-order valence-electron chi connectivity index (χ1n) is 8.99. The molecule has 0 aliphatic carbocycles. The van der Waals surface area contributed by atoms with Crippen molar-refractivity contribution in [2.75, 3.05) is 20.3 Å². The van der Waals surface area contributed by atoms with Gasteiger partial charge in [0.1, 0.15) is 5.75 Å². The van der Waals surface area contributed by atoms with E-state index < -0.39 is 0 Å². The van der Waals surface area contributed by atoms with Crippen molar-refractivity contribution in [3.8, 4) is 17.2 Å². The molecule has 2 aromatic rings. The van der Waals surface area contributed by atoms with Gasteiger partial charge >= 0.3 is 0 Å². The number of rotatable bonds is 10. The van der Waals surface area contributed by atoms with Gasteiger partial charge in [-0.05, 0) is 63.1 Å². The summed E-state index contributed by atoms with van der Waals surface area (Å²) in [5.41, 5.74) is 2.35. The molecule has 0 saturated heterocycles. The molecule has 4 nitrogen and oxygen atoms in total. The minimum absolute atomic E-state index is 0.103.